The maximum absolute atomic E-state index is 14.7. The molecule has 13 nitrogen and oxygen atoms in total. The third kappa shape index (κ3) is 10.5. The molecule has 3 aromatic carbocycles. The average molecular weight is 858 g/mol. The minimum absolute atomic E-state index is 0.00747. The van der Waals surface area contributed by atoms with Crippen LogP contribution in [0.1, 0.15) is 96.1 Å². The number of non-ortho nitro benzene ring substituents is 1. The lowest BCUT2D eigenvalue weighted by Gasteiger charge is -2.60. The largest absolute Gasteiger partial charge is 0.489 e. The van der Waals surface area contributed by atoms with Crippen molar-refractivity contribution >= 4 is 17.5 Å². The van der Waals surface area contributed by atoms with E-state index in [4.69, 9.17) is 28.9 Å². The number of nitro benzene ring substituents is 1. The SMILES string of the molecule is C=CCO[C@@]12Oc3ccc(OCc4ccccc4F)cc3[C@H]3[C@H](CCCCO)[C@@H](CCCCO)C=C(C(=NOC(C)(C)C)C[C@@H]1N(CCC)C(=O)Oc1ccc([N+](=O)[O-])cc1)[C@H]32. The van der Waals surface area contributed by atoms with Crippen molar-refractivity contribution in [3.05, 3.63) is 118 Å². The van der Waals surface area contributed by atoms with Gasteiger partial charge in [-0.3, -0.25) is 15.0 Å². The van der Waals surface area contributed by atoms with Gasteiger partial charge in [-0.2, -0.15) is 0 Å². The summed E-state index contributed by atoms with van der Waals surface area (Å²) in [5, 5.41) is 36.1. The van der Waals surface area contributed by atoms with E-state index in [1.807, 2.05) is 39.8 Å². The minimum Gasteiger partial charge on any atom is -0.489 e. The van der Waals surface area contributed by atoms with Gasteiger partial charge in [0.25, 0.3) is 5.69 Å². The Labute approximate surface area is 363 Å². The second-order valence-electron chi connectivity index (χ2n) is 17.2. The zero-order valence-electron chi connectivity index (χ0n) is 36.2. The van der Waals surface area contributed by atoms with Crippen molar-refractivity contribution < 1.29 is 48.1 Å². The summed E-state index contributed by atoms with van der Waals surface area (Å²) in [4.78, 5) is 33.3. The van der Waals surface area contributed by atoms with Crippen LogP contribution in [0.4, 0.5) is 14.9 Å². The van der Waals surface area contributed by atoms with Gasteiger partial charge in [0.05, 0.1) is 23.2 Å². The van der Waals surface area contributed by atoms with Crippen molar-refractivity contribution in [2.45, 2.75) is 109 Å². The first-order chi connectivity index (χ1) is 29.8. The van der Waals surface area contributed by atoms with E-state index in [0.717, 1.165) is 36.8 Å². The highest BCUT2D eigenvalue weighted by atomic mass is 19.1. The number of aliphatic hydroxyl groups is 2. The van der Waals surface area contributed by atoms with Crippen LogP contribution >= 0.6 is 0 Å². The molecular formula is C48H60FN3O10. The first kappa shape index (κ1) is 46.2. The third-order valence-corrected chi connectivity index (χ3v) is 11.8. The number of nitro groups is 1. The molecule has 0 radical (unpaired) electrons. The number of carbonyl (C=O) groups excluding carboxylic acids is 1. The molecule has 0 saturated heterocycles. The number of nitrogens with zero attached hydrogens (tertiary/aromatic N) is 3. The number of benzene rings is 3. The van der Waals surface area contributed by atoms with Gasteiger partial charge in [0.2, 0.25) is 5.79 Å². The molecular weight excluding hydrogens is 798 g/mol. The van der Waals surface area contributed by atoms with Crippen LogP contribution in [0.5, 0.6) is 17.2 Å². The zero-order chi connectivity index (χ0) is 44.4. The summed E-state index contributed by atoms with van der Waals surface area (Å²) >= 11 is 0. The fourth-order valence-corrected chi connectivity index (χ4v) is 9.12. The molecule has 1 amide bonds. The number of fused-ring (bicyclic) bond motifs is 2. The van der Waals surface area contributed by atoms with Gasteiger partial charge in [-0.05, 0) is 107 Å². The Hall–Kier alpha value is -5.31. The van der Waals surface area contributed by atoms with Gasteiger partial charge in [0.1, 0.15) is 41.3 Å². The van der Waals surface area contributed by atoms with Crippen LogP contribution in [0.15, 0.2) is 96.2 Å². The Morgan fingerprint density at radius 1 is 1.05 bits per heavy atom. The highest BCUT2D eigenvalue weighted by Gasteiger charge is 2.65. The van der Waals surface area contributed by atoms with Gasteiger partial charge >= 0.3 is 6.09 Å². The summed E-state index contributed by atoms with van der Waals surface area (Å²) in [6, 6.07) is 16.6. The molecule has 2 N–H and O–H groups in total. The van der Waals surface area contributed by atoms with Crippen molar-refractivity contribution in [3.63, 3.8) is 0 Å². The number of amides is 1. The Kier molecular flexibility index (Phi) is 15.4. The van der Waals surface area contributed by atoms with Gasteiger partial charge < -0.3 is 34.0 Å². The summed E-state index contributed by atoms with van der Waals surface area (Å²) in [5.41, 5.74) is 1.98. The number of allylic oxidation sites excluding steroid dienone is 1. The van der Waals surface area contributed by atoms with Crippen molar-refractivity contribution in [1.82, 2.24) is 4.90 Å². The molecule has 0 bridgehead atoms. The van der Waals surface area contributed by atoms with Crippen LogP contribution in [0.2, 0.25) is 0 Å². The maximum atomic E-state index is 14.7. The molecule has 1 saturated carbocycles. The van der Waals surface area contributed by atoms with Crippen LogP contribution in [0, 0.1) is 33.7 Å². The van der Waals surface area contributed by atoms with Crippen LogP contribution < -0.4 is 14.2 Å². The fourth-order valence-electron chi connectivity index (χ4n) is 9.12. The van der Waals surface area contributed by atoms with Crippen molar-refractivity contribution in [2.75, 3.05) is 26.4 Å². The van der Waals surface area contributed by atoms with E-state index >= 15 is 0 Å². The molecule has 0 aromatic heterocycles. The van der Waals surface area contributed by atoms with E-state index in [0.29, 0.717) is 42.0 Å². The molecule has 3 aromatic rings. The first-order valence-electron chi connectivity index (χ1n) is 21.7. The molecule has 3 aliphatic rings. The van der Waals surface area contributed by atoms with Crippen LogP contribution in [-0.2, 0) is 16.2 Å². The Bertz CT molecular complexity index is 2090. The van der Waals surface area contributed by atoms with Gasteiger partial charge in [-0.1, -0.05) is 55.3 Å². The van der Waals surface area contributed by atoms with Gasteiger partial charge in [-0.15, -0.1) is 6.58 Å². The molecule has 334 valence electrons. The van der Waals surface area contributed by atoms with E-state index in [-0.39, 0.29) is 74.4 Å². The van der Waals surface area contributed by atoms with Crippen LogP contribution in [0.3, 0.4) is 0 Å². The second kappa shape index (κ2) is 20.7. The van der Waals surface area contributed by atoms with E-state index < -0.39 is 34.4 Å². The standard InChI is InChI=1S/C48H60FN3O10/c1-6-24-51(46(55)60-35-20-18-34(19-21-35)52(56)57)43-30-41(50-62-47(3,4)5)38-28-32(14-10-12-25-53)37(16-11-13-26-54)44-39-29-36(58-31-33-15-8-9-17-40(33)49)22-23-42(39)61-48(43,45(38)44)59-27-7-2/h7-9,15,17-23,28-29,32,37,43-45,53-54H,2,6,10-14,16,24-27,30-31H2,1,3-5H3/t32-,37+,43-,44+,45+,48+/m0/s1. The molecule has 0 unspecified atom stereocenters. The number of carbonyl (C=O) groups is 1. The minimum atomic E-state index is -1.52. The topological polar surface area (TPSA) is 162 Å². The summed E-state index contributed by atoms with van der Waals surface area (Å²) in [5.74, 6) is -1.60. The molecule has 1 heterocycles. The number of oxime groups is 1. The summed E-state index contributed by atoms with van der Waals surface area (Å²) in [6.07, 6.45) is 8.19. The number of ether oxygens (including phenoxy) is 4. The van der Waals surface area contributed by atoms with Gasteiger partial charge in [-0.25, -0.2) is 9.18 Å². The highest BCUT2D eigenvalue weighted by molar-refractivity contribution is 6.03. The number of halogens is 1. The van der Waals surface area contributed by atoms with E-state index in [9.17, 15) is 29.5 Å². The molecule has 62 heavy (non-hydrogen) atoms. The molecule has 0 spiro atoms. The van der Waals surface area contributed by atoms with E-state index in [1.54, 1.807) is 35.2 Å². The molecule has 6 atom stereocenters. The Balaban J connectivity index is 1.56. The lowest BCUT2D eigenvalue weighted by molar-refractivity contribution is -0.384. The smallest absolute Gasteiger partial charge is 0.415 e. The quantitative estimate of drug-likeness (QED) is 0.0484. The first-order valence-corrected chi connectivity index (χ1v) is 21.7. The third-order valence-electron chi connectivity index (χ3n) is 11.8. The maximum Gasteiger partial charge on any atom is 0.415 e. The summed E-state index contributed by atoms with van der Waals surface area (Å²) < 4.78 is 41.2. The van der Waals surface area contributed by atoms with Crippen molar-refractivity contribution in [3.8, 4) is 17.2 Å². The lowest BCUT2D eigenvalue weighted by atomic mass is 9.55. The van der Waals surface area contributed by atoms with Gasteiger partial charge in [0.15, 0.2) is 0 Å². The monoisotopic (exact) mass is 857 g/mol. The lowest BCUT2D eigenvalue weighted by Crippen LogP contribution is -2.70. The number of hydrogen-bond acceptors (Lipinski definition) is 11. The molecule has 14 heteroatoms. The summed E-state index contributed by atoms with van der Waals surface area (Å²) in [6.45, 7) is 12.1. The van der Waals surface area contributed by atoms with Crippen LogP contribution in [-0.4, -0.2) is 75.6 Å². The Morgan fingerprint density at radius 2 is 1.76 bits per heavy atom. The van der Waals surface area contributed by atoms with Crippen molar-refractivity contribution in [1.29, 1.82) is 0 Å². The predicted octanol–water partition coefficient (Wildman–Crippen LogP) is 9.66. The predicted molar refractivity (Wildman–Crippen MR) is 233 cm³/mol. The van der Waals surface area contributed by atoms with E-state index in [2.05, 4.69) is 12.7 Å². The Morgan fingerprint density at radius 3 is 2.42 bits per heavy atom. The number of unbranched alkanes of at least 4 members (excludes halogenated alkanes) is 2. The van der Waals surface area contributed by atoms with Gasteiger partial charge in [0, 0.05) is 55.4 Å². The second-order valence-corrected chi connectivity index (χ2v) is 17.2. The molecule has 1 aliphatic heterocycles. The summed E-state index contributed by atoms with van der Waals surface area (Å²) in [7, 11) is 0. The molecule has 1 fully saturated rings. The fraction of sp³-hybridized carbons (Fsp3) is 0.500. The number of aliphatic hydroxyl groups excluding tert-OH is 2. The van der Waals surface area contributed by atoms with Crippen molar-refractivity contribution in [2.24, 2.45) is 22.9 Å². The zero-order valence-corrected chi connectivity index (χ0v) is 36.2. The van der Waals surface area contributed by atoms with E-state index in [1.165, 1.54) is 30.3 Å². The molecule has 6 rings (SSSR count). The number of hydrogen-bond donors (Lipinski definition) is 2. The highest BCUT2D eigenvalue weighted by Crippen LogP contribution is 2.62. The normalized spacial score (nSPS) is 23.3. The van der Waals surface area contributed by atoms with Crippen LogP contribution in [0.25, 0.3) is 0 Å². The molecule has 2 aliphatic carbocycles. The number of rotatable bonds is 20. The average Bonchev–Trinajstić information content (AvgIpc) is 3.25.